The van der Waals surface area contributed by atoms with Gasteiger partial charge in [-0.15, -0.1) is 0 Å². The van der Waals surface area contributed by atoms with Crippen LogP contribution in [0.1, 0.15) is 15.9 Å². The highest BCUT2D eigenvalue weighted by Gasteiger charge is 2.19. The molecule has 0 aliphatic carbocycles. The van der Waals surface area contributed by atoms with Crippen molar-refractivity contribution < 1.29 is 9.53 Å². The van der Waals surface area contributed by atoms with E-state index in [4.69, 9.17) is 4.74 Å². The van der Waals surface area contributed by atoms with Gasteiger partial charge in [-0.3, -0.25) is 4.79 Å². The van der Waals surface area contributed by atoms with Crippen LogP contribution in [0.5, 0.6) is 5.75 Å². The zero-order chi connectivity index (χ0) is 17.6. The number of methoxy groups -OCH3 is 1. The molecule has 1 saturated heterocycles. The Hall–Kier alpha value is -2.53. The summed E-state index contributed by atoms with van der Waals surface area (Å²) in [7, 11) is 3.77. The summed E-state index contributed by atoms with van der Waals surface area (Å²) >= 11 is 0. The number of anilines is 1. The monoisotopic (exact) mass is 339 g/mol. The number of likely N-dealkylation sites (N-methyl/N-ethyl adjacent to an activating group) is 1. The van der Waals surface area contributed by atoms with E-state index in [1.165, 1.54) is 0 Å². The van der Waals surface area contributed by atoms with E-state index in [1.807, 2.05) is 48.5 Å². The van der Waals surface area contributed by atoms with Crippen LogP contribution < -0.4 is 15.0 Å². The van der Waals surface area contributed by atoms with Crippen LogP contribution in [0.3, 0.4) is 0 Å². The van der Waals surface area contributed by atoms with Gasteiger partial charge in [0, 0.05) is 44.0 Å². The third-order valence-corrected chi connectivity index (χ3v) is 4.62. The zero-order valence-corrected chi connectivity index (χ0v) is 14.9. The number of hydrogen-bond donors (Lipinski definition) is 1. The van der Waals surface area contributed by atoms with Gasteiger partial charge in [0.2, 0.25) is 0 Å². The number of rotatable bonds is 5. The maximum Gasteiger partial charge on any atom is 0.253 e. The van der Waals surface area contributed by atoms with Gasteiger partial charge in [0.05, 0.1) is 12.7 Å². The van der Waals surface area contributed by atoms with Gasteiger partial charge in [0.25, 0.3) is 5.91 Å². The summed E-state index contributed by atoms with van der Waals surface area (Å²) in [5.41, 5.74) is 2.70. The van der Waals surface area contributed by atoms with Crippen LogP contribution in [0, 0.1) is 0 Å². The van der Waals surface area contributed by atoms with Crippen LogP contribution in [-0.2, 0) is 6.54 Å². The van der Waals surface area contributed by atoms with Gasteiger partial charge in [-0.2, -0.15) is 0 Å². The molecule has 1 aliphatic heterocycles. The minimum atomic E-state index is -0.0552. The van der Waals surface area contributed by atoms with Crippen molar-refractivity contribution in [3.05, 3.63) is 59.7 Å². The van der Waals surface area contributed by atoms with Crippen LogP contribution in [0.25, 0.3) is 0 Å². The Morgan fingerprint density at radius 2 is 1.72 bits per heavy atom. The normalized spacial score (nSPS) is 15.0. The van der Waals surface area contributed by atoms with Crippen LogP contribution in [0.2, 0.25) is 0 Å². The second-order valence-electron chi connectivity index (χ2n) is 6.30. The molecule has 3 rings (SSSR count). The molecular weight excluding hydrogens is 314 g/mol. The van der Waals surface area contributed by atoms with Crippen molar-refractivity contribution in [1.29, 1.82) is 0 Å². The number of benzene rings is 2. The molecule has 0 aromatic heterocycles. The van der Waals surface area contributed by atoms with Crippen LogP contribution in [-0.4, -0.2) is 51.1 Å². The molecule has 0 spiro atoms. The van der Waals surface area contributed by atoms with E-state index in [0.29, 0.717) is 6.54 Å². The molecule has 1 heterocycles. The van der Waals surface area contributed by atoms with Gasteiger partial charge >= 0.3 is 0 Å². The number of carbonyl (C=O) groups is 1. The summed E-state index contributed by atoms with van der Waals surface area (Å²) in [6, 6.07) is 15.6. The lowest BCUT2D eigenvalue weighted by Gasteiger charge is -2.35. The second kappa shape index (κ2) is 8.03. The largest absolute Gasteiger partial charge is 0.496 e. The number of ether oxygens (including phenoxy) is 1. The summed E-state index contributed by atoms with van der Waals surface area (Å²) in [5, 5.41) is 3.02. The first-order valence-corrected chi connectivity index (χ1v) is 8.61. The molecule has 25 heavy (non-hydrogen) atoms. The Balaban J connectivity index is 1.72. The van der Waals surface area contributed by atoms with E-state index >= 15 is 0 Å². The Labute approximate surface area is 149 Å². The molecule has 0 radical (unpaired) electrons. The van der Waals surface area contributed by atoms with Crippen molar-refractivity contribution in [3.63, 3.8) is 0 Å². The minimum Gasteiger partial charge on any atom is -0.496 e. The summed E-state index contributed by atoms with van der Waals surface area (Å²) < 4.78 is 5.35. The Morgan fingerprint density at radius 3 is 2.48 bits per heavy atom. The first-order valence-electron chi connectivity index (χ1n) is 8.61. The number of carbonyl (C=O) groups excluding carboxylic acids is 1. The van der Waals surface area contributed by atoms with E-state index in [9.17, 15) is 4.79 Å². The second-order valence-corrected chi connectivity index (χ2v) is 6.30. The molecule has 132 valence electrons. The average molecular weight is 339 g/mol. The van der Waals surface area contributed by atoms with Crippen LogP contribution >= 0.6 is 0 Å². The molecule has 1 amide bonds. The van der Waals surface area contributed by atoms with Crippen LogP contribution in [0.15, 0.2) is 48.5 Å². The molecule has 2 aromatic rings. The maximum atomic E-state index is 12.8. The third kappa shape index (κ3) is 4.12. The molecule has 0 bridgehead atoms. The fraction of sp³-hybridized carbons (Fsp3) is 0.350. The molecular formula is C20H25N3O2. The molecule has 0 atom stereocenters. The lowest BCUT2D eigenvalue weighted by atomic mass is 10.1. The molecule has 5 nitrogen and oxygen atoms in total. The highest BCUT2D eigenvalue weighted by Crippen LogP contribution is 2.22. The highest BCUT2D eigenvalue weighted by molar-refractivity contribution is 5.99. The van der Waals surface area contributed by atoms with Crippen molar-refractivity contribution in [2.24, 2.45) is 0 Å². The van der Waals surface area contributed by atoms with E-state index < -0.39 is 0 Å². The average Bonchev–Trinajstić information content (AvgIpc) is 2.67. The Morgan fingerprint density at radius 1 is 1.04 bits per heavy atom. The van der Waals surface area contributed by atoms with Crippen molar-refractivity contribution in [3.8, 4) is 5.75 Å². The first kappa shape index (κ1) is 17.3. The Bertz CT molecular complexity index is 724. The standard InChI is InChI=1S/C20H25N3O2/c1-22-11-13-23(14-12-22)18-9-5-4-8-17(18)20(24)21-15-16-7-3-6-10-19(16)25-2/h3-10H,11-15H2,1-2H3,(H,21,24). The SMILES string of the molecule is COc1ccccc1CNC(=O)c1ccccc1N1CCN(C)CC1. The Kier molecular flexibility index (Phi) is 5.56. The fourth-order valence-corrected chi connectivity index (χ4v) is 3.11. The van der Waals surface area contributed by atoms with E-state index in [-0.39, 0.29) is 5.91 Å². The van der Waals surface area contributed by atoms with E-state index in [1.54, 1.807) is 7.11 Å². The number of hydrogen-bond acceptors (Lipinski definition) is 4. The smallest absolute Gasteiger partial charge is 0.253 e. The summed E-state index contributed by atoms with van der Waals surface area (Å²) in [5.74, 6) is 0.732. The van der Waals surface area contributed by atoms with E-state index in [0.717, 1.165) is 48.7 Å². The van der Waals surface area contributed by atoms with Crippen molar-refractivity contribution in [2.45, 2.75) is 6.54 Å². The van der Waals surface area contributed by atoms with Gasteiger partial charge in [0.15, 0.2) is 0 Å². The first-order chi connectivity index (χ1) is 12.2. The quantitative estimate of drug-likeness (QED) is 0.908. The van der Waals surface area contributed by atoms with Crippen molar-refractivity contribution >= 4 is 11.6 Å². The minimum absolute atomic E-state index is 0.0552. The highest BCUT2D eigenvalue weighted by atomic mass is 16.5. The third-order valence-electron chi connectivity index (χ3n) is 4.62. The van der Waals surface area contributed by atoms with Crippen LogP contribution in [0.4, 0.5) is 5.69 Å². The topological polar surface area (TPSA) is 44.8 Å². The van der Waals surface area contributed by atoms with Gasteiger partial charge < -0.3 is 19.9 Å². The summed E-state index contributed by atoms with van der Waals surface area (Å²) in [6.45, 7) is 4.34. The number of piperazine rings is 1. The maximum absolute atomic E-state index is 12.8. The van der Waals surface area contributed by atoms with E-state index in [2.05, 4.69) is 22.2 Å². The number of para-hydroxylation sites is 2. The number of nitrogens with one attached hydrogen (secondary N) is 1. The number of nitrogens with zero attached hydrogens (tertiary/aromatic N) is 2. The van der Waals surface area contributed by atoms with Gasteiger partial charge in [-0.1, -0.05) is 30.3 Å². The van der Waals surface area contributed by atoms with Gasteiger partial charge in [-0.05, 0) is 25.2 Å². The predicted molar refractivity (Wildman–Crippen MR) is 100 cm³/mol. The molecule has 0 saturated carbocycles. The molecule has 1 fully saturated rings. The zero-order valence-electron chi connectivity index (χ0n) is 14.9. The molecule has 1 N–H and O–H groups in total. The van der Waals surface area contributed by atoms with Crippen molar-refractivity contribution in [1.82, 2.24) is 10.2 Å². The lowest BCUT2D eigenvalue weighted by molar-refractivity contribution is 0.0951. The molecule has 2 aromatic carbocycles. The summed E-state index contributed by atoms with van der Waals surface area (Å²) in [6.07, 6.45) is 0. The predicted octanol–water partition coefficient (Wildman–Crippen LogP) is 2.38. The lowest BCUT2D eigenvalue weighted by Crippen LogP contribution is -2.45. The molecule has 1 aliphatic rings. The van der Waals surface area contributed by atoms with Crippen molar-refractivity contribution in [2.75, 3.05) is 45.2 Å². The van der Waals surface area contributed by atoms with Gasteiger partial charge in [-0.25, -0.2) is 0 Å². The van der Waals surface area contributed by atoms with Gasteiger partial charge in [0.1, 0.15) is 5.75 Å². The summed E-state index contributed by atoms with van der Waals surface area (Å²) in [4.78, 5) is 17.4. The molecule has 0 unspecified atom stereocenters. The molecule has 5 heteroatoms. The fourth-order valence-electron chi connectivity index (χ4n) is 3.11. The number of amides is 1.